The van der Waals surface area contributed by atoms with Crippen LogP contribution >= 0.6 is 0 Å². The number of hydrogen-bond acceptors (Lipinski definition) is 2. The first-order valence-corrected chi connectivity index (χ1v) is 6.58. The van der Waals surface area contributed by atoms with Crippen LogP contribution in [-0.2, 0) is 0 Å². The van der Waals surface area contributed by atoms with Gasteiger partial charge in [-0.25, -0.2) is 0 Å². The molecule has 2 nitrogen and oxygen atoms in total. The first-order valence-electron chi connectivity index (χ1n) is 6.58. The van der Waals surface area contributed by atoms with Crippen LogP contribution in [0.5, 0.6) is 0 Å². The summed E-state index contributed by atoms with van der Waals surface area (Å²) in [5.74, 6) is 0.590. The highest BCUT2D eigenvalue weighted by Gasteiger charge is 2.32. The van der Waals surface area contributed by atoms with Crippen molar-refractivity contribution in [3.63, 3.8) is 0 Å². The molecule has 2 heteroatoms. The molecule has 1 aromatic rings. The summed E-state index contributed by atoms with van der Waals surface area (Å²) in [6, 6.07) is 8.81. The topological polar surface area (TPSA) is 15.3 Å². The van der Waals surface area contributed by atoms with E-state index in [1.807, 2.05) is 0 Å². The lowest BCUT2D eigenvalue weighted by molar-refractivity contribution is 0.428. The first kappa shape index (κ1) is 12.4. The Kier molecular flexibility index (Phi) is 3.43. The molecule has 0 amide bonds. The van der Waals surface area contributed by atoms with E-state index < -0.39 is 0 Å². The molecule has 1 aliphatic heterocycles. The summed E-state index contributed by atoms with van der Waals surface area (Å²) in [6.07, 6.45) is 1.22. The van der Waals surface area contributed by atoms with Crippen molar-refractivity contribution in [3.8, 4) is 0 Å². The largest absolute Gasteiger partial charge is 0.369 e. The van der Waals surface area contributed by atoms with Gasteiger partial charge in [0.15, 0.2) is 0 Å². The third-order valence-corrected chi connectivity index (χ3v) is 3.98. The lowest BCUT2D eigenvalue weighted by Gasteiger charge is -2.27. The third kappa shape index (κ3) is 2.47. The zero-order chi connectivity index (χ0) is 12.5. The molecule has 0 spiro atoms. The van der Waals surface area contributed by atoms with Crippen molar-refractivity contribution >= 4 is 5.69 Å². The van der Waals surface area contributed by atoms with Crippen molar-refractivity contribution < 1.29 is 0 Å². The van der Waals surface area contributed by atoms with Crippen LogP contribution in [0.15, 0.2) is 24.3 Å². The summed E-state index contributed by atoms with van der Waals surface area (Å²) in [5, 5.41) is 3.45. The standard InChI is InChI=1S/C15H24N2/c1-12(2)13-7-5-6-8-14(13)17-10-9-15(3,11-17)16-4/h5-8,12,16H,9-11H2,1-4H3. The maximum Gasteiger partial charge on any atom is 0.0402 e. The van der Waals surface area contributed by atoms with Crippen LogP contribution in [0.4, 0.5) is 5.69 Å². The minimum Gasteiger partial charge on any atom is -0.369 e. The lowest BCUT2D eigenvalue weighted by atomic mass is 10.00. The molecule has 1 atom stereocenters. The van der Waals surface area contributed by atoms with Crippen LogP contribution in [0.25, 0.3) is 0 Å². The molecule has 1 unspecified atom stereocenters. The van der Waals surface area contributed by atoms with Crippen molar-refractivity contribution in [2.75, 3.05) is 25.0 Å². The van der Waals surface area contributed by atoms with Crippen LogP contribution < -0.4 is 10.2 Å². The number of rotatable bonds is 3. The van der Waals surface area contributed by atoms with E-state index in [4.69, 9.17) is 0 Å². The number of likely N-dealkylation sites (N-methyl/N-ethyl adjacent to an activating group) is 1. The van der Waals surface area contributed by atoms with Crippen LogP contribution in [-0.4, -0.2) is 25.7 Å². The molecule has 0 aliphatic carbocycles. The molecule has 0 radical (unpaired) electrons. The predicted molar refractivity (Wildman–Crippen MR) is 74.8 cm³/mol. The Morgan fingerprint density at radius 3 is 2.59 bits per heavy atom. The zero-order valence-corrected chi connectivity index (χ0v) is 11.5. The van der Waals surface area contributed by atoms with Crippen molar-refractivity contribution in [2.45, 2.75) is 38.6 Å². The molecule has 0 aromatic heterocycles. The molecule has 0 saturated carbocycles. The van der Waals surface area contributed by atoms with E-state index in [1.165, 1.54) is 17.7 Å². The predicted octanol–water partition coefficient (Wildman–Crippen LogP) is 3.00. The lowest BCUT2D eigenvalue weighted by Crippen LogP contribution is -2.42. The fourth-order valence-electron chi connectivity index (χ4n) is 2.63. The van der Waals surface area contributed by atoms with E-state index in [2.05, 4.69) is 62.3 Å². The van der Waals surface area contributed by atoms with Crippen molar-refractivity contribution in [1.82, 2.24) is 5.32 Å². The SMILES string of the molecule is CNC1(C)CCN(c2ccccc2C(C)C)C1. The van der Waals surface area contributed by atoms with E-state index in [1.54, 1.807) is 0 Å². The first-order chi connectivity index (χ1) is 8.06. The molecule has 0 bridgehead atoms. The van der Waals surface area contributed by atoms with Crippen molar-refractivity contribution in [2.24, 2.45) is 0 Å². The van der Waals surface area contributed by atoms with Crippen LogP contribution in [0.3, 0.4) is 0 Å². The van der Waals surface area contributed by atoms with Crippen LogP contribution in [0.1, 0.15) is 38.7 Å². The van der Waals surface area contributed by atoms with E-state index in [9.17, 15) is 0 Å². The van der Waals surface area contributed by atoms with Crippen LogP contribution in [0.2, 0.25) is 0 Å². The molecular formula is C15H24N2. The molecule has 1 aromatic carbocycles. The number of hydrogen-bond donors (Lipinski definition) is 1. The zero-order valence-electron chi connectivity index (χ0n) is 11.5. The maximum absolute atomic E-state index is 3.45. The minimum absolute atomic E-state index is 0.268. The van der Waals surface area contributed by atoms with Gasteiger partial charge < -0.3 is 10.2 Å². The van der Waals surface area contributed by atoms with Gasteiger partial charge in [-0.15, -0.1) is 0 Å². The van der Waals surface area contributed by atoms with Crippen molar-refractivity contribution in [1.29, 1.82) is 0 Å². The molecule has 2 rings (SSSR count). The number of benzene rings is 1. The summed E-state index contributed by atoms with van der Waals surface area (Å²) in [4.78, 5) is 2.52. The number of para-hydroxylation sites is 1. The molecule has 94 valence electrons. The van der Waals surface area contributed by atoms with Crippen molar-refractivity contribution in [3.05, 3.63) is 29.8 Å². The smallest absolute Gasteiger partial charge is 0.0402 e. The number of nitrogens with one attached hydrogen (secondary N) is 1. The molecule has 1 aliphatic rings. The monoisotopic (exact) mass is 232 g/mol. The summed E-state index contributed by atoms with van der Waals surface area (Å²) in [7, 11) is 2.07. The van der Waals surface area contributed by atoms with Gasteiger partial charge in [0, 0.05) is 24.3 Å². The molecule has 1 heterocycles. The summed E-state index contributed by atoms with van der Waals surface area (Å²) in [6.45, 7) is 9.11. The van der Waals surface area contributed by atoms with Gasteiger partial charge in [-0.2, -0.15) is 0 Å². The summed E-state index contributed by atoms with van der Waals surface area (Å²) in [5.41, 5.74) is 3.15. The molecule has 1 N–H and O–H groups in total. The van der Waals surface area contributed by atoms with E-state index in [0.29, 0.717) is 5.92 Å². The Balaban J connectivity index is 2.24. The van der Waals surface area contributed by atoms with Gasteiger partial charge in [-0.1, -0.05) is 32.0 Å². The van der Waals surface area contributed by atoms with Gasteiger partial charge in [0.2, 0.25) is 0 Å². The van der Waals surface area contributed by atoms with Gasteiger partial charge in [-0.05, 0) is 37.9 Å². The Hall–Kier alpha value is -1.02. The molecular weight excluding hydrogens is 208 g/mol. The van der Waals surface area contributed by atoms with Gasteiger partial charge >= 0.3 is 0 Å². The quantitative estimate of drug-likeness (QED) is 0.862. The fraction of sp³-hybridized carbons (Fsp3) is 0.600. The Labute approximate surface area is 105 Å². The highest BCUT2D eigenvalue weighted by Crippen LogP contribution is 2.32. The highest BCUT2D eigenvalue weighted by atomic mass is 15.2. The average molecular weight is 232 g/mol. The van der Waals surface area contributed by atoms with Gasteiger partial charge in [0.25, 0.3) is 0 Å². The normalized spacial score (nSPS) is 24.6. The van der Waals surface area contributed by atoms with Gasteiger partial charge in [0.05, 0.1) is 0 Å². The molecule has 1 saturated heterocycles. The van der Waals surface area contributed by atoms with E-state index >= 15 is 0 Å². The molecule has 17 heavy (non-hydrogen) atoms. The summed E-state index contributed by atoms with van der Waals surface area (Å²) < 4.78 is 0. The van der Waals surface area contributed by atoms with Gasteiger partial charge in [0.1, 0.15) is 0 Å². The second-order valence-electron chi connectivity index (χ2n) is 5.70. The third-order valence-electron chi connectivity index (χ3n) is 3.98. The number of anilines is 1. The second kappa shape index (κ2) is 4.69. The fourth-order valence-corrected chi connectivity index (χ4v) is 2.63. The Bertz CT molecular complexity index is 386. The van der Waals surface area contributed by atoms with Crippen LogP contribution in [0, 0.1) is 0 Å². The Morgan fingerprint density at radius 2 is 2.00 bits per heavy atom. The highest BCUT2D eigenvalue weighted by molar-refractivity contribution is 5.56. The minimum atomic E-state index is 0.268. The summed E-state index contributed by atoms with van der Waals surface area (Å²) >= 11 is 0. The van der Waals surface area contributed by atoms with Gasteiger partial charge in [-0.3, -0.25) is 0 Å². The second-order valence-corrected chi connectivity index (χ2v) is 5.70. The maximum atomic E-state index is 3.45. The number of nitrogens with zero attached hydrogens (tertiary/aromatic N) is 1. The van der Waals surface area contributed by atoms with E-state index in [-0.39, 0.29) is 5.54 Å². The molecule has 1 fully saturated rings. The Morgan fingerprint density at radius 1 is 1.29 bits per heavy atom. The van der Waals surface area contributed by atoms with E-state index in [0.717, 1.165) is 13.1 Å². The average Bonchev–Trinajstić information content (AvgIpc) is 2.73.